The van der Waals surface area contributed by atoms with E-state index in [4.69, 9.17) is 0 Å². The van der Waals surface area contributed by atoms with Gasteiger partial charge >= 0.3 is 0 Å². The predicted octanol–water partition coefficient (Wildman–Crippen LogP) is 3.00. The number of sulfonamides is 1. The predicted molar refractivity (Wildman–Crippen MR) is 93.0 cm³/mol. The van der Waals surface area contributed by atoms with Gasteiger partial charge in [-0.2, -0.15) is 5.10 Å². The zero-order valence-electron chi connectivity index (χ0n) is 15.0. The van der Waals surface area contributed by atoms with E-state index in [-0.39, 0.29) is 11.5 Å². The smallest absolute Gasteiger partial charge is 0.244 e. The molecule has 0 amide bonds. The summed E-state index contributed by atoms with van der Waals surface area (Å²) in [6.07, 6.45) is 10.3. The van der Waals surface area contributed by atoms with Crippen LogP contribution in [0, 0.1) is 30.1 Å². The normalized spacial score (nSPS) is 36.2. The summed E-state index contributed by atoms with van der Waals surface area (Å²) in [5.74, 6) is 2.49. The molecule has 4 aliphatic carbocycles. The third-order valence-electron chi connectivity index (χ3n) is 6.79. The van der Waals surface area contributed by atoms with Gasteiger partial charge in [-0.3, -0.25) is 4.68 Å². The Labute approximate surface area is 145 Å². The molecule has 0 radical (unpaired) electrons. The first kappa shape index (κ1) is 16.6. The van der Waals surface area contributed by atoms with Crippen LogP contribution in [0.25, 0.3) is 0 Å². The molecule has 0 spiro atoms. The van der Waals surface area contributed by atoms with Crippen LogP contribution in [0.15, 0.2) is 11.1 Å². The first-order chi connectivity index (χ1) is 11.3. The molecule has 0 aromatic carbocycles. The summed E-state index contributed by atoms with van der Waals surface area (Å²) in [5, 5.41) is 4.20. The van der Waals surface area contributed by atoms with Gasteiger partial charge in [-0.05, 0) is 75.0 Å². The van der Waals surface area contributed by atoms with Crippen molar-refractivity contribution in [3.63, 3.8) is 0 Å². The van der Waals surface area contributed by atoms with Gasteiger partial charge in [0.15, 0.2) is 0 Å². The number of aryl methyl sites for hydroxylation is 2. The molecule has 24 heavy (non-hydrogen) atoms. The van der Waals surface area contributed by atoms with Crippen LogP contribution >= 0.6 is 0 Å². The molecule has 4 saturated carbocycles. The van der Waals surface area contributed by atoms with Crippen molar-refractivity contribution in [2.75, 3.05) is 0 Å². The van der Waals surface area contributed by atoms with Crippen molar-refractivity contribution in [3.8, 4) is 0 Å². The van der Waals surface area contributed by atoms with E-state index in [0.29, 0.717) is 10.6 Å². The average Bonchev–Trinajstić information content (AvgIpc) is 2.83. The minimum absolute atomic E-state index is 0.0514. The first-order valence-corrected chi connectivity index (χ1v) is 10.8. The van der Waals surface area contributed by atoms with Gasteiger partial charge in [0.1, 0.15) is 4.90 Å². The van der Waals surface area contributed by atoms with E-state index < -0.39 is 10.0 Å². The monoisotopic (exact) mass is 351 g/mol. The number of rotatable bonds is 5. The number of hydrogen-bond donors (Lipinski definition) is 1. The van der Waals surface area contributed by atoms with Crippen LogP contribution in [-0.4, -0.2) is 24.2 Å². The minimum Gasteiger partial charge on any atom is -0.274 e. The highest BCUT2D eigenvalue weighted by Crippen LogP contribution is 2.61. The molecule has 1 atom stereocenters. The Morgan fingerprint density at radius 3 is 2.21 bits per heavy atom. The highest BCUT2D eigenvalue weighted by molar-refractivity contribution is 7.89. The number of nitrogens with one attached hydrogen (secondary N) is 1. The summed E-state index contributed by atoms with van der Waals surface area (Å²) in [6.45, 7) is 3.89. The molecule has 5 nitrogen and oxygen atoms in total. The van der Waals surface area contributed by atoms with Gasteiger partial charge in [0.05, 0.1) is 5.69 Å². The van der Waals surface area contributed by atoms with Gasteiger partial charge in [0.25, 0.3) is 0 Å². The van der Waals surface area contributed by atoms with Crippen molar-refractivity contribution in [3.05, 3.63) is 11.9 Å². The van der Waals surface area contributed by atoms with Gasteiger partial charge in [-0.1, -0.05) is 6.92 Å². The van der Waals surface area contributed by atoms with Crippen LogP contribution in [0.4, 0.5) is 0 Å². The maximum absolute atomic E-state index is 13.0. The SMILES string of the molecule is CC[C@@H](NS(=O)(=O)c1cn(C)nc1C)C12CC3CC(CC(C3)C1)C2. The van der Waals surface area contributed by atoms with E-state index >= 15 is 0 Å². The second-order valence-corrected chi connectivity index (χ2v) is 10.3. The highest BCUT2D eigenvalue weighted by atomic mass is 32.2. The number of aromatic nitrogens is 2. The lowest BCUT2D eigenvalue weighted by atomic mass is 9.47. The molecular weight excluding hydrogens is 322 g/mol. The molecule has 1 aromatic heterocycles. The Kier molecular flexibility index (Phi) is 3.84. The summed E-state index contributed by atoms with van der Waals surface area (Å²) in [6, 6.07) is 0.0514. The molecule has 0 unspecified atom stereocenters. The van der Waals surface area contributed by atoms with Crippen LogP contribution in [0.1, 0.15) is 57.6 Å². The zero-order valence-corrected chi connectivity index (χ0v) is 15.8. The molecular formula is C18H29N3O2S. The fourth-order valence-electron chi connectivity index (χ4n) is 6.34. The molecule has 1 aromatic rings. The second-order valence-electron chi connectivity index (χ2n) is 8.61. The van der Waals surface area contributed by atoms with E-state index in [1.807, 2.05) is 0 Å². The summed E-state index contributed by atoms with van der Waals surface area (Å²) in [4.78, 5) is 0.327. The van der Waals surface area contributed by atoms with Crippen LogP contribution in [0.2, 0.25) is 0 Å². The Morgan fingerprint density at radius 1 is 1.25 bits per heavy atom. The summed E-state index contributed by atoms with van der Waals surface area (Å²) in [7, 11) is -1.74. The van der Waals surface area contributed by atoms with Gasteiger partial charge in [0, 0.05) is 19.3 Å². The van der Waals surface area contributed by atoms with Crippen molar-refractivity contribution < 1.29 is 8.42 Å². The maximum atomic E-state index is 13.0. The number of nitrogens with zero attached hydrogens (tertiary/aromatic N) is 2. The lowest BCUT2D eigenvalue weighted by molar-refractivity contribution is -0.0704. The van der Waals surface area contributed by atoms with Crippen LogP contribution in [0.3, 0.4) is 0 Å². The Bertz CT molecular complexity index is 702. The van der Waals surface area contributed by atoms with Crippen LogP contribution in [0.5, 0.6) is 0 Å². The second kappa shape index (κ2) is 5.56. The molecule has 4 fully saturated rings. The lowest BCUT2D eigenvalue weighted by Crippen LogP contribution is -2.56. The molecule has 4 bridgehead atoms. The first-order valence-electron chi connectivity index (χ1n) is 9.34. The molecule has 6 heteroatoms. The summed E-state index contributed by atoms with van der Waals surface area (Å²) < 4.78 is 30.6. The lowest BCUT2D eigenvalue weighted by Gasteiger charge is -2.59. The third kappa shape index (κ3) is 2.62. The molecule has 134 valence electrons. The standard InChI is InChI=1S/C18H29N3O2S/c1-4-17(20-24(22,23)16-11-21(3)19-12(16)2)18-8-13-5-14(9-18)7-15(6-13)10-18/h11,13-15,17,20H,4-10H2,1-3H3/t13?,14?,15?,17-,18?/m1/s1. The van der Waals surface area contributed by atoms with Crippen molar-refractivity contribution >= 4 is 10.0 Å². The van der Waals surface area contributed by atoms with Crippen LogP contribution in [-0.2, 0) is 17.1 Å². The topological polar surface area (TPSA) is 64.0 Å². The van der Waals surface area contributed by atoms with Crippen molar-refractivity contribution in [1.29, 1.82) is 0 Å². The molecule has 0 aliphatic heterocycles. The zero-order chi connectivity index (χ0) is 17.1. The molecule has 4 aliphatic rings. The molecule has 0 saturated heterocycles. The molecule has 1 N–H and O–H groups in total. The van der Waals surface area contributed by atoms with E-state index in [9.17, 15) is 8.42 Å². The van der Waals surface area contributed by atoms with Gasteiger partial charge in [-0.15, -0.1) is 0 Å². The average molecular weight is 352 g/mol. The Morgan fingerprint density at radius 2 is 1.79 bits per heavy atom. The molecule has 5 rings (SSSR count). The minimum atomic E-state index is -3.51. The van der Waals surface area contributed by atoms with Crippen LogP contribution < -0.4 is 4.72 Å². The Hall–Kier alpha value is -0.880. The van der Waals surface area contributed by atoms with Crippen molar-refractivity contribution in [2.45, 2.75) is 69.7 Å². The van der Waals surface area contributed by atoms with Crippen molar-refractivity contribution in [1.82, 2.24) is 14.5 Å². The van der Waals surface area contributed by atoms with E-state index in [1.165, 1.54) is 38.5 Å². The quantitative estimate of drug-likeness (QED) is 0.887. The van der Waals surface area contributed by atoms with Crippen molar-refractivity contribution in [2.24, 2.45) is 30.2 Å². The van der Waals surface area contributed by atoms with Gasteiger partial charge in [-0.25, -0.2) is 13.1 Å². The highest BCUT2D eigenvalue weighted by Gasteiger charge is 2.54. The molecule has 1 heterocycles. The van der Waals surface area contributed by atoms with E-state index in [2.05, 4.69) is 16.7 Å². The summed E-state index contributed by atoms with van der Waals surface area (Å²) >= 11 is 0. The van der Waals surface area contributed by atoms with Gasteiger partial charge in [0.2, 0.25) is 10.0 Å². The summed E-state index contributed by atoms with van der Waals surface area (Å²) in [5.41, 5.74) is 0.762. The Balaban J connectivity index is 1.61. The largest absolute Gasteiger partial charge is 0.274 e. The third-order valence-corrected chi connectivity index (χ3v) is 8.36. The van der Waals surface area contributed by atoms with E-state index in [1.54, 1.807) is 24.9 Å². The fraction of sp³-hybridized carbons (Fsp3) is 0.833. The fourth-order valence-corrected chi connectivity index (χ4v) is 7.98. The number of hydrogen-bond acceptors (Lipinski definition) is 3. The van der Waals surface area contributed by atoms with Gasteiger partial charge < -0.3 is 0 Å². The maximum Gasteiger partial charge on any atom is 0.244 e. The van der Waals surface area contributed by atoms with E-state index in [0.717, 1.165) is 24.2 Å².